The lowest BCUT2D eigenvalue weighted by Crippen LogP contribution is -2.24. The first kappa shape index (κ1) is 13.1. The Morgan fingerprint density at radius 2 is 1.94 bits per heavy atom. The van der Waals surface area contributed by atoms with Crippen molar-refractivity contribution in [1.82, 2.24) is 0 Å². The predicted molar refractivity (Wildman–Crippen MR) is 80.4 cm³/mol. The summed E-state index contributed by atoms with van der Waals surface area (Å²) in [6.07, 6.45) is 0. The molecule has 4 heteroatoms. The van der Waals surface area contributed by atoms with Gasteiger partial charge in [-0.2, -0.15) is 0 Å². The molecule has 94 valence electrons. The highest BCUT2D eigenvalue weighted by atomic mass is 35.5. The van der Waals surface area contributed by atoms with Crippen LogP contribution in [0, 0.1) is 5.92 Å². The largest absolute Gasteiger partial charge is 0.492 e. The molecule has 2 N–H and O–H groups in total. The van der Waals surface area contributed by atoms with Crippen LogP contribution in [-0.2, 0) is 0 Å². The topological polar surface area (TPSA) is 35.2 Å². The minimum atomic E-state index is 0.0504. The second kappa shape index (κ2) is 5.55. The van der Waals surface area contributed by atoms with Crippen molar-refractivity contribution in [3.8, 4) is 5.75 Å². The molecule has 1 atom stereocenters. The van der Waals surface area contributed by atoms with Crippen molar-refractivity contribution in [2.75, 3.05) is 6.61 Å². The third-order valence-corrected chi connectivity index (χ3v) is 3.54. The summed E-state index contributed by atoms with van der Waals surface area (Å²) in [5.41, 5.74) is 5.57. The van der Waals surface area contributed by atoms with E-state index in [9.17, 15) is 0 Å². The Morgan fingerprint density at radius 3 is 2.61 bits per heavy atom. The van der Waals surface area contributed by atoms with Crippen LogP contribution in [-0.4, -0.2) is 11.6 Å². The maximum atomic E-state index is 6.15. The maximum absolute atomic E-state index is 6.15. The molecule has 0 amide bonds. The zero-order valence-electron chi connectivity index (χ0n) is 10.0. The van der Waals surface area contributed by atoms with Gasteiger partial charge in [0.2, 0.25) is 0 Å². The van der Waals surface area contributed by atoms with Crippen LogP contribution < -0.4 is 10.5 Å². The van der Waals surface area contributed by atoms with Gasteiger partial charge < -0.3 is 10.5 Å². The molecule has 0 bridgehead atoms. The van der Waals surface area contributed by atoms with E-state index in [1.807, 2.05) is 43.3 Å². The number of benzene rings is 2. The molecular weight excluding hydrogens is 266 g/mol. The van der Waals surface area contributed by atoms with Gasteiger partial charge in [0.15, 0.2) is 0 Å². The van der Waals surface area contributed by atoms with E-state index in [0.717, 1.165) is 21.5 Å². The number of thiocarbonyl (C=S) groups is 1. The zero-order valence-corrected chi connectivity index (χ0v) is 11.6. The summed E-state index contributed by atoms with van der Waals surface area (Å²) in [6.45, 7) is 2.42. The second-order valence-corrected chi connectivity index (χ2v) is 5.08. The van der Waals surface area contributed by atoms with Crippen molar-refractivity contribution in [2.45, 2.75) is 6.92 Å². The van der Waals surface area contributed by atoms with Crippen molar-refractivity contribution in [3.63, 3.8) is 0 Å². The number of halogens is 1. The SMILES string of the molecule is CC(COc1ccc(Cl)c2ccccc12)C(N)=S. The summed E-state index contributed by atoms with van der Waals surface area (Å²) in [7, 11) is 0. The summed E-state index contributed by atoms with van der Waals surface area (Å²) < 4.78 is 5.77. The highest BCUT2D eigenvalue weighted by molar-refractivity contribution is 7.80. The van der Waals surface area contributed by atoms with Crippen molar-refractivity contribution in [3.05, 3.63) is 41.4 Å². The monoisotopic (exact) mass is 279 g/mol. The molecule has 0 aliphatic carbocycles. The van der Waals surface area contributed by atoms with Crippen molar-refractivity contribution < 1.29 is 4.74 Å². The van der Waals surface area contributed by atoms with Gasteiger partial charge in [0.1, 0.15) is 5.75 Å². The van der Waals surface area contributed by atoms with E-state index in [0.29, 0.717) is 11.6 Å². The van der Waals surface area contributed by atoms with Crippen molar-refractivity contribution in [1.29, 1.82) is 0 Å². The third kappa shape index (κ3) is 2.74. The number of nitrogens with two attached hydrogens (primary N) is 1. The number of hydrogen-bond acceptors (Lipinski definition) is 2. The molecule has 0 spiro atoms. The smallest absolute Gasteiger partial charge is 0.127 e. The first-order chi connectivity index (χ1) is 8.59. The van der Waals surface area contributed by atoms with E-state index in [2.05, 4.69) is 0 Å². The number of rotatable bonds is 4. The second-order valence-electron chi connectivity index (χ2n) is 4.21. The molecule has 1 unspecified atom stereocenters. The van der Waals surface area contributed by atoms with Gasteiger partial charge in [-0.15, -0.1) is 0 Å². The van der Waals surface area contributed by atoms with Crippen LogP contribution in [0.3, 0.4) is 0 Å². The first-order valence-corrected chi connectivity index (χ1v) is 6.47. The molecule has 0 heterocycles. The number of ether oxygens (including phenoxy) is 1. The van der Waals surface area contributed by atoms with Gasteiger partial charge in [0.05, 0.1) is 11.6 Å². The fraction of sp³-hybridized carbons (Fsp3) is 0.214. The molecule has 2 aromatic rings. The lowest BCUT2D eigenvalue weighted by molar-refractivity contribution is 0.297. The summed E-state index contributed by atoms with van der Waals surface area (Å²) >= 11 is 11.1. The fourth-order valence-electron chi connectivity index (χ4n) is 1.66. The zero-order chi connectivity index (χ0) is 13.1. The van der Waals surface area contributed by atoms with Crippen LogP contribution in [0.5, 0.6) is 5.75 Å². The number of fused-ring (bicyclic) bond motifs is 1. The molecule has 0 aliphatic heterocycles. The Morgan fingerprint density at radius 1 is 1.28 bits per heavy atom. The van der Waals surface area contributed by atoms with Gasteiger partial charge in [0, 0.05) is 21.7 Å². The molecule has 0 fully saturated rings. The minimum absolute atomic E-state index is 0.0504. The van der Waals surface area contributed by atoms with Gasteiger partial charge in [-0.3, -0.25) is 0 Å². The maximum Gasteiger partial charge on any atom is 0.127 e. The van der Waals surface area contributed by atoms with Crippen molar-refractivity contribution in [2.24, 2.45) is 11.7 Å². The van der Waals surface area contributed by atoms with E-state index in [-0.39, 0.29) is 5.92 Å². The molecule has 0 saturated heterocycles. The molecule has 2 nitrogen and oxygen atoms in total. The van der Waals surface area contributed by atoms with E-state index in [4.69, 9.17) is 34.3 Å². The normalized spacial score (nSPS) is 12.3. The lowest BCUT2D eigenvalue weighted by atomic mass is 10.1. The van der Waals surface area contributed by atoms with E-state index >= 15 is 0 Å². The first-order valence-electron chi connectivity index (χ1n) is 5.69. The minimum Gasteiger partial charge on any atom is -0.492 e. The summed E-state index contributed by atoms with van der Waals surface area (Å²) in [5.74, 6) is 0.854. The van der Waals surface area contributed by atoms with E-state index < -0.39 is 0 Å². The molecule has 2 aromatic carbocycles. The molecule has 0 aromatic heterocycles. The van der Waals surface area contributed by atoms with Gasteiger partial charge >= 0.3 is 0 Å². The Labute approximate surface area is 117 Å². The highest BCUT2D eigenvalue weighted by Crippen LogP contribution is 2.31. The van der Waals surface area contributed by atoms with Gasteiger partial charge in [-0.25, -0.2) is 0 Å². The Balaban J connectivity index is 2.29. The molecule has 0 saturated carbocycles. The lowest BCUT2D eigenvalue weighted by Gasteiger charge is -2.13. The fourth-order valence-corrected chi connectivity index (χ4v) is 1.95. The quantitative estimate of drug-likeness (QED) is 0.865. The average molecular weight is 280 g/mol. The van der Waals surface area contributed by atoms with Crippen LogP contribution in [0.4, 0.5) is 0 Å². The molecule has 2 rings (SSSR count). The Kier molecular flexibility index (Phi) is 4.04. The number of hydrogen-bond donors (Lipinski definition) is 1. The van der Waals surface area contributed by atoms with Crippen LogP contribution in [0.1, 0.15) is 6.92 Å². The molecular formula is C14H14ClNOS. The van der Waals surface area contributed by atoms with Crippen LogP contribution in [0.15, 0.2) is 36.4 Å². The summed E-state index contributed by atoms with van der Waals surface area (Å²) in [4.78, 5) is 0.466. The Hall–Kier alpha value is -1.32. The van der Waals surface area contributed by atoms with E-state index in [1.165, 1.54) is 0 Å². The van der Waals surface area contributed by atoms with Crippen LogP contribution in [0.2, 0.25) is 5.02 Å². The Bertz CT molecular complexity index is 585. The van der Waals surface area contributed by atoms with Gasteiger partial charge in [-0.05, 0) is 12.1 Å². The standard InChI is InChI=1S/C14H14ClNOS/c1-9(14(16)18)8-17-13-7-6-12(15)10-4-2-3-5-11(10)13/h2-7,9H,8H2,1H3,(H2,16,18). The van der Waals surface area contributed by atoms with Crippen LogP contribution >= 0.6 is 23.8 Å². The predicted octanol–water partition coefficient (Wildman–Crippen LogP) is 3.79. The summed E-state index contributed by atoms with van der Waals surface area (Å²) in [5, 5.41) is 2.71. The molecule has 0 radical (unpaired) electrons. The molecule has 18 heavy (non-hydrogen) atoms. The van der Waals surface area contributed by atoms with Crippen molar-refractivity contribution >= 4 is 39.6 Å². The van der Waals surface area contributed by atoms with Gasteiger partial charge in [0.25, 0.3) is 0 Å². The van der Waals surface area contributed by atoms with E-state index in [1.54, 1.807) is 0 Å². The highest BCUT2D eigenvalue weighted by Gasteiger charge is 2.09. The van der Waals surface area contributed by atoms with Crippen LogP contribution in [0.25, 0.3) is 10.8 Å². The third-order valence-electron chi connectivity index (χ3n) is 2.81. The average Bonchev–Trinajstić information content (AvgIpc) is 2.38. The van der Waals surface area contributed by atoms with Gasteiger partial charge in [-0.1, -0.05) is 55.0 Å². The molecule has 0 aliphatic rings. The summed E-state index contributed by atoms with van der Waals surface area (Å²) in [6, 6.07) is 11.6.